The first-order chi connectivity index (χ1) is 16.2. The van der Waals surface area contributed by atoms with Gasteiger partial charge >= 0.3 is 6.03 Å². The van der Waals surface area contributed by atoms with E-state index in [0.717, 1.165) is 35.2 Å². The van der Waals surface area contributed by atoms with Gasteiger partial charge in [0.2, 0.25) is 0 Å². The molecule has 1 aliphatic carbocycles. The van der Waals surface area contributed by atoms with Crippen LogP contribution >= 0.6 is 0 Å². The molecule has 2 aromatic rings. The molecule has 2 amide bonds. The molecule has 34 heavy (non-hydrogen) atoms. The van der Waals surface area contributed by atoms with E-state index in [2.05, 4.69) is 51.2 Å². The molecule has 1 saturated carbocycles. The summed E-state index contributed by atoms with van der Waals surface area (Å²) in [6.45, 7) is 10.5. The van der Waals surface area contributed by atoms with Crippen LogP contribution in [0.3, 0.4) is 0 Å². The summed E-state index contributed by atoms with van der Waals surface area (Å²) in [7, 11) is 1.76. The number of nitrogens with zero attached hydrogens (tertiary/aromatic N) is 1. The maximum absolute atomic E-state index is 13.9. The van der Waals surface area contributed by atoms with Crippen LogP contribution in [0.2, 0.25) is 0 Å². The van der Waals surface area contributed by atoms with Crippen LogP contribution in [0, 0.1) is 5.41 Å². The number of carbonyl (C=O) groups is 1. The number of ether oxygens (including phenoxy) is 1. The summed E-state index contributed by atoms with van der Waals surface area (Å²) in [5.41, 5.74) is 4.23. The van der Waals surface area contributed by atoms with E-state index in [9.17, 15) is 9.90 Å². The molecule has 1 fully saturated rings. The van der Waals surface area contributed by atoms with E-state index in [1.165, 1.54) is 19.3 Å². The highest BCUT2D eigenvalue weighted by Gasteiger charge is 2.36. The highest BCUT2D eigenvalue weighted by atomic mass is 16.5. The molecule has 0 radical (unpaired) electrons. The first-order valence-corrected chi connectivity index (χ1v) is 12.7. The number of aromatic hydroxyl groups is 1. The van der Waals surface area contributed by atoms with Gasteiger partial charge in [0.1, 0.15) is 5.75 Å². The summed E-state index contributed by atoms with van der Waals surface area (Å²) in [6.07, 6.45) is 5.73. The van der Waals surface area contributed by atoms with Gasteiger partial charge in [-0.1, -0.05) is 77.3 Å². The fraction of sp³-hybridized carbons (Fsp3) is 0.552. The van der Waals surface area contributed by atoms with Crippen molar-refractivity contribution in [2.45, 2.75) is 78.2 Å². The fourth-order valence-electron chi connectivity index (χ4n) is 5.26. The lowest BCUT2D eigenvalue weighted by Crippen LogP contribution is -2.46. The predicted octanol–water partition coefficient (Wildman–Crippen LogP) is 7.27. The van der Waals surface area contributed by atoms with E-state index in [-0.39, 0.29) is 17.2 Å². The first-order valence-electron chi connectivity index (χ1n) is 12.7. The third-order valence-electron chi connectivity index (χ3n) is 7.09. The highest BCUT2D eigenvalue weighted by molar-refractivity contribution is 5.91. The minimum atomic E-state index is -0.0795. The average Bonchev–Trinajstić information content (AvgIpc) is 2.80. The van der Waals surface area contributed by atoms with Crippen LogP contribution in [0.4, 0.5) is 10.5 Å². The molecule has 0 spiro atoms. The molecule has 2 aromatic carbocycles. The van der Waals surface area contributed by atoms with Gasteiger partial charge in [0.25, 0.3) is 0 Å². The number of amides is 2. The van der Waals surface area contributed by atoms with Gasteiger partial charge in [0, 0.05) is 31.3 Å². The Morgan fingerprint density at radius 1 is 1.00 bits per heavy atom. The molecule has 0 aromatic heterocycles. The Labute approximate surface area is 205 Å². The predicted molar refractivity (Wildman–Crippen MR) is 140 cm³/mol. The number of rotatable bonds is 9. The molecular weight excluding hydrogens is 424 g/mol. The van der Waals surface area contributed by atoms with Crippen molar-refractivity contribution in [1.29, 1.82) is 0 Å². The number of phenolic OH excluding ortho intramolecular Hbond substituents is 1. The van der Waals surface area contributed by atoms with Crippen molar-refractivity contribution in [3.8, 4) is 5.75 Å². The van der Waals surface area contributed by atoms with E-state index in [1.54, 1.807) is 19.2 Å². The Morgan fingerprint density at radius 2 is 1.59 bits per heavy atom. The van der Waals surface area contributed by atoms with Crippen molar-refractivity contribution in [2.24, 2.45) is 5.41 Å². The molecule has 5 heteroatoms. The smallest absolute Gasteiger partial charge is 0.322 e. The minimum Gasteiger partial charge on any atom is -0.508 e. The number of methoxy groups -OCH3 is 1. The van der Waals surface area contributed by atoms with Gasteiger partial charge < -0.3 is 20.1 Å². The van der Waals surface area contributed by atoms with E-state index in [4.69, 9.17) is 4.74 Å². The Bertz CT molecular complexity index is 899. The van der Waals surface area contributed by atoms with Crippen LogP contribution in [0.1, 0.15) is 88.3 Å². The number of urea groups is 1. The Kier molecular flexibility index (Phi) is 9.01. The molecule has 2 N–H and O–H groups in total. The third-order valence-corrected chi connectivity index (χ3v) is 7.09. The molecule has 5 nitrogen and oxygen atoms in total. The number of para-hydroxylation sites is 1. The number of hydrogen-bond donors (Lipinski definition) is 2. The maximum Gasteiger partial charge on any atom is 0.322 e. The summed E-state index contributed by atoms with van der Waals surface area (Å²) in [4.78, 5) is 15.8. The topological polar surface area (TPSA) is 61.8 Å². The number of anilines is 1. The number of carbonyl (C=O) groups excluding carboxylic acids is 1. The molecule has 0 aliphatic heterocycles. The van der Waals surface area contributed by atoms with Gasteiger partial charge in [-0.05, 0) is 53.5 Å². The molecule has 0 saturated heterocycles. The second-order valence-electron chi connectivity index (χ2n) is 10.6. The van der Waals surface area contributed by atoms with Crippen molar-refractivity contribution in [2.75, 3.05) is 25.6 Å². The second-order valence-corrected chi connectivity index (χ2v) is 10.6. The zero-order valence-electron chi connectivity index (χ0n) is 21.6. The monoisotopic (exact) mass is 466 g/mol. The van der Waals surface area contributed by atoms with E-state index < -0.39 is 0 Å². The Morgan fingerprint density at radius 3 is 2.12 bits per heavy atom. The van der Waals surface area contributed by atoms with Crippen LogP contribution in [-0.4, -0.2) is 36.3 Å². The van der Waals surface area contributed by atoms with Crippen LogP contribution in [-0.2, 0) is 11.3 Å². The molecule has 0 unspecified atom stereocenters. The Hall–Kier alpha value is -2.53. The molecule has 1 aliphatic rings. The zero-order chi connectivity index (χ0) is 24.7. The molecular formula is C29H42N2O3. The lowest BCUT2D eigenvalue weighted by atomic mass is 9.74. The van der Waals surface area contributed by atoms with Crippen molar-refractivity contribution in [3.05, 3.63) is 59.2 Å². The van der Waals surface area contributed by atoms with Gasteiger partial charge in [-0.3, -0.25) is 0 Å². The molecule has 0 atom stereocenters. The van der Waals surface area contributed by atoms with Crippen molar-refractivity contribution in [3.63, 3.8) is 0 Å². The van der Waals surface area contributed by atoms with E-state index in [1.807, 2.05) is 17.0 Å². The molecule has 186 valence electrons. The van der Waals surface area contributed by atoms with Gasteiger partial charge in [0.15, 0.2) is 0 Å². The van der Waals surface area contributed by atoms with Gasteiger partial charge in [-0.2, -0.15) is 0 Å². The van der Waals surface area contributed by atoms with Crippen molar-refractivity contribution < 1.29 is 14.6 Å². The summed E-state index contributed by atoms with van der Waals surface area (Å²) in [6, 6.07) is 13.4. The summed E-state index contributed by atoms with van der Waals surface area (Å²) >= 11 is 0. The first kappa shape index (κ1) is 26.1. The number of hydrogen-bond acceptors (Lipinski definition) is 3. The lowest BCUT2D eigenvalue weighted by molar-refractivity contribution is 0.0259. The van der Waals surface area contributed by atoms with Crippen LogP contribution in [0.25, 0.3) is 0 Å². The number of benzene rings is 2. The van der Waals surface area contributed by atoms with Crippen molar-refractivity contribution in [1.82, 2.24) is 4.90 Å². The van der Waals surface area contributed by atoms with Crippen LogP contribution < -0.4 is 5.32 Å². The summed E-state index contributed by atoms with van der Waals surface area (Å²) in [5, 5.41) is 13.0. The average molecular weight is 467 g/mol. The van der Waals surface area contributed by atoms with E-state index >= 15 is 0 Å². The largest absolute Gasteiger partial charge is 0.508 e. The van der Waals surface area contributed by atoms with Crippen molar-refractivity contribution >= 4 is 11.7 Å². The summed E-state index contributed by atoms with van der Waals surface area (Å²) < 4.78 is 5.66. The highest BCUT2D eigenvalue weighted by Crippen LogP contribution is 2.38. The lowest BCUT2D eigenvalue weighted by Gasteiger charge is -2.41. The fourth-order valence-corrected chi connectivity index (χ4v) is 5.26. The molecule has 0 bridgehead atoms. The molecule has 0 heterocycles. The standard InChI is InChI=1S/C29H42N2O3/c1-21(2)25-10-9-11-26(22(3)4)27(25)30-28(33)31(18-23-12-14-24(32)15-13-23)19-29(20-34-5)16-7-6-8-17-29/h9-15,21-22,32H,6-8,16-20H2,1-5H3,(H,30,33). The number of phenols is 1. The van der Waals surface area contributed by atoms with Gasteiger partial charge in [-0.25, -0.2) is 4.79 Å². The van der Waals surface area contributed by atoms with Gasteiger partial charge in [0.05, 0.1) is 6.61 Å². The van der Waals surface area contributed by atoms with Crippen LogP contribution in [0.5, 0.6) is 5.75 Å². The normalized spacial score (nSPS) is 15.5. The quantitative estimate of drug-likeness (QED) is 0.408. The third kappa shape index (κ3) is 6.53. The maximum atomic E-state index is 13.9. The van der Waals surface area contributed by atoms with Crippen LogP contribution in [0.15, 0.2) is 42.5 Å². The molecule has 3 rings (SSSR count). The zero-order valence-corrected chi connectivity index (χ0v) is 21.6. The van der Waals surface area contributed by atoms with E-state index in [0.29, 0.717) is 31.5 Å². The van der Waals surface area contributed by atoms with Gasteiger partial charge in [-0.15, -0.1) is 0 Å². The SMILES string of the molecule is COCC1(CN(Cc2ccc(O)cc2)C(=O)Nc2c(C(C)C)cccc2C(C)C)CCCCC1. The Balaban J connectivity index is 1.94. The number of nitrogens with one attached hydrogen (secondary N) is 1. The minimum absolute atomic E-state index is 0.0281. The second kappa shape index (κ2) is 11.7. The summed E-state index contributed by atoms with van der Waals surface area (Å²) in [5.74, 6) is 0.839.